The Bertz CT molecular complexity index is 581. The molecule has 4 nitrogen and oxygen atoms in total. The summed E-state index contributed by atoms with van der Waals surface area (Å²) in [6.07, 6.45) is 3.75. The molecule has 2 aromatic rings. The maximum atomic E-state index is 10.9. The van der Waals surface area contributed by atoms with Gasteiger partial charge in [0, 0.05) is 11.6 Å². The molecule has 0 unspecified atom stereocenters. The SMILES string of the molecule is CCCCOc1ccc(CC(=O)O)c2cccnc12. The zero-order valence-corrected chi connectivity index (χ0v) is 10.9. The van der Waals surface area contributed by atoms with Crippen LogP contribution < -0.4 is 4.74 Å². The topological polar surface area (TPSA) is 59.4 Å². The van der Waals surface area contributed by atoms with Gasteiger partial charge in [-0.05, 0) is 24.1 Å². The van der Waals surface area contributed by atoms with Crippen molar-refractivity contribution in [3.05, 3.63) is 36.0 Å². The van der Waals surface area contributed by atoms with Crippen LogP contribution in [0.1, 0.15) is 25.3 Å². The van der Waals surface area contributed by atoms with Crippen molar-refractivity contribution in [2.24, 2.45) is 0 Å². The third kappa shape index (κ3) is 3.22. The van der Waals surface area contributed by atoms with Gasteiger partial charge >= 0.3 is 5.97 Å². The van der Waals surface area contributed by atoms with E-state index in [9.17, 15) is 4.79 Å². The Kier molecular flexibility index (Phi) is 4.34. The van der Waals surface area contributed by atoms with Gasteiger partial charge in [-0.3, -0.25) is 9.78 Å². The highest BCUT2D eigenvalue weighted by molar-refractivity contribution is 5.90. The molecule has 0 saturated heterocycles. The third-order valence-electron chi connectivity index (χ3n) is 2.92. The summed E-state index contributed by atoms with van der Waals surface area (Å²) in [5.41, 5.74) is 1.50. The highest BCUT2D eigenvalue weighted by Gasteiger charge is 2.10. The molecule has 0 fully saturated rings. The smallest absolute Gasteiger partial charge is 0.307 e. The van der Waals surface area contributed by atoms with Gasteiger partial charge in [-0.25, -0.2) is 0 Å². The molecule has 1 aromatic heterocycles. The second-order valence-corrected chi connectivity index (χ2v) is 4.39. The summed E-state index contributed by atoms with van der Waals surface area (Å²) in [5.74, 6) is -0.122. The molecular formula is C15H17NO3. The summed E-state index contributed by atoms with van der Waals surface area (Å²) in [6, 6.07) is 7.31. The molecule has 0 saturated carbocycles. The van der Waals surface area contributed by atoms with Gasteiger partial charge in [0.05, 0.1) is 13.0 Å². The van der Waals surface area contributed by atoms with Crippen LogP contribution in [0.15, 0.2) is 30.5 Å². The molecule has 0 spiro atoms. The molecule has 2 rings (SSSR count). The van der Waals surface area contributed by atoms with Crippen molar-refractivity contribution in [2.45, 2.75) is 26.2 Å². The van der Waals surface area contributed by atoms with E-state index in [-0.39, 0.29) is 6.42 Å². The van der Waals surface area contributed by atoms with Gasteiger partial charge in [0.2, 0.25) is 0 Å². The molecular weight excluding hydrogens is 242 g/mol. The summed E-state index contributed by atoms with van der Waals surface area (Å²) in [6.45, 7) is 2.76. The maximum absolute atomic E-state index is 10.9. The standard InChI is InChI=1S/C15H17NO3/c1-2-3-9-19-13-7-6-11(10-14(17)18)12-5-4-8-16-15(12)13/h4-8H,2-3,9-10H2,1H3,(H,17,18). The van der Waals surface area contributed by atoms with Crippen molar-refractivity contribution >= 4 is 16.9 Å². The van der Waals surface area contributed by atoms with Gasteiger partial charge in [0.1, 0.15) is 11.3 Å². The molecule has 0 amide bonds. The summed E-state index contributed by atoms with van der Waals surface area (Å²) < 4.78 is 5.71. The van der Waals surface area contributed by atoms with E-state index in [4.69, 9.17) is 9.84 Å². The lowest BCUT2D eigenvalue weighted by atomic mass is 10.1. The first-order valence-corrected chi connectivity index (χ1v) is 6.43. The number of unbranched alkanes of at least 4 members (excludes halogenated alkanes) is 1. The third-order valence-corrected chi connectivity index (χ3v) is 2.92. The molecule has 0 atom stereocenters. The number of aromatic nitrogens is 1. The Morgan fingerprint density at radius 2 is 2.21 bits per heavy atom. The number of benzene rings is 1. The van der Waals surface area contributed by atoms with Crippen LogP contribution in [0, 0.1) is 0 Å². The Hall–Kier alpha value is -2.10. The van der Waals surface area contributed by atoms with E-state index in [1.165, 1.54) is 0 Å². The van der Waals surface area contributed by atoms with E-state index in [0.29, 0.717) is 6.61 Å². The lowest BCUT2D eigenvalue weighted by Crippen LogP contribution is -2.03. The van der Waals surface area contributed by atoms with E-state index in [0.717, 1.165) is 35.1 Å². The fourth-order valence-electron chi connectivity index (χ4n) is 1.97. The van der Waals surface area contributed by atoms with E-state index in [1.807, 2.05) is 18.2 Å². The zero-order chi connectivity index (χ0) is 13.7. The number of aliphatic carboxylic acids is 1. The summed E-state index contributed by atoms with van der Waals surface area (Å²) in [4.78, 5) is 15.2. The van der Waals surface area contributed by atoms with Crippen molar-refractivity contribution in [3.8, 4) is 5.75 Å². The minimum Gasteiger partial charge on any atom is -0.491 e. The molecule has 0 aliphatic heterocycles. The predicted molar refractivity (Wildman–Crippen MR) is 73.5 cm³/mol. The first-order valence-electron chi connectivity index (χ1n) is 6.43. The van der Waals surface area contributed by atoms with Crippen LogP contribution in [0.3, 0.4) is 0 Å². The van der Waals surface area contributed by atoms with Crippen molar-refractivity contribution in [3.63, 3.8) is 0 Å². The lowest BCUT2D eigenvalue weighted by Gasteiger charge is -2.10. The Labute approximate surface area is 112 Å². The largest absolute Gasteiger partial charge is 0.491 e. The number of carboxylic acid groups (broad SMARTS) is 1. The van der Waals surface area contributed by atoms with Gasteiger partial charge in [-0.2, -0.15) is 0 Å². The number of fused-ring (bicyclic) bond motifs is 1. The minimum absolute atomic E-state index is 0.00255. The van der Waals surface area contributed by atoms with Crippen LogP contribution >= 0.6 is 0 Å². The van der Waals surface area contributed by atoms with Gasteiger partial charge in [-0.15, -0.1) is 0 Å². The van der Waals surface area contributed by atoms with Gasteiger partial charge in [0.15, 0.2) is 0 Å². The molecule has 1 aromatic carbocycles. The van der Waals surface area contributed by atoms with E-state index in [1.54, 1.807) is 12.3 Å². The van der Waals surface area contributed by atoms with Crippen molar-refractivity contribution in [2.75, 3.05) is 6.61 Å². The van der Waals surface area contributed by atoms with Crippen molar-refractivity contribution < 1.29 is 14.6 Å². The quantitative estimate of drug-likeness (QED) is 0.810. The van der Waals surface area contributed by atoms with Gasteiger partial charge in [-0.1, -0.05) is 25.5 Å². The number of pyridine rings is 1. The first-order chi connectivity index (χ1) is 9.22. The average Bonchev–Trinajstić information content (AvgIpc) is 2.41. The highest BCUT2D eigenvalue weighted by atomic mass is 16.5. The van der Waals surface area contributed by atoms with Gasteiger partial charge < -0.3 is 9.84 Å². The molecule has 100 valence electrons. The number of carboxylic acids is 1. The van der Waals surface area contributed by atoms with Crippen LogP contribution in [-0.2, 0) is 11.2 Å². The number of rotatable bonds is 6. The van der Waals surface area contributed by atoms with E-state index in [2.05, 4.69) is 11.9 Å². The second kappa shape index (κ2) is 6.18. The zero-order valence-electron chi connectivity index (χ0n) is 10.9. The van der Waals surface area contributed by atoms with Crippen molar-refractivity contribution in [1.82, 2.24) is 4.98 Å². The summed E-state index contributed by atoms with van der Waals surface area (Å²) in [5, 5.41) is 9.76. The number of ether oxygens (including phenoxy) is 1. The molecule has 0 bridgehead atoms. The predicted octanol–water partition coefficient (Wildman–Crippen LogP) is 3.04. The molecule has 4 heteroatoms. The number of nitrogens with zero attached hydrogens (tertiary/aromatic N) is 1. The van der Waals surface area contributed by atoms with Crippen LogP contribution in [0.2, 0.25) is 0 Å². The average molecular weight is 259 g/mol. The first kappa shape index (κ1) is 13.3. The normalized spacial score (nSPS) is 10.6. The molecule has 0 aliphatic rings. The minimum atomic E-state index is -0.843. The maximum Gasteiger partial charge on any atom is 0.307 e. The Morgan fingerprint density at radius 1 is 1.37 bits per heavy atom. The van der Waals surface area contributed by atoms with Crippen LogP contribution in [0.4, 0.5) is 0 Å². The van der Waals surface area contributed by atoms with E-state index < -0.39 is 5.97 Å². The highest BCUT2D eigenvalue weighted by Crippen LogP contribution is 2.27. The molecule has 1 heterocycles. The fraction of sp³-hybridized carbons (Fsp3) is 0.333. The summed E-state index contributed by atoms with van der Waals surface area (Å²) in [7, 11) is 0. The molecule has 19 heavy (non-hydrogen) atoms. The van der Waals surface area contributed by atoms with E-state index >= 15 is 0 Å². The van der Waals surface area contributed by atoms with Crippen molar-refractivity contribution in [1.29, 1.82) is 0 Å². The number of hydrogen-bond donors (Lipinski definition) is 1. The summed E-state index contributed by atoms with van der Waals surface area (Å²) >= 11 is 0. The van der Waals surface area contributed by atoms with Gasteiger partial charge in [0.25, 0.3) is 0 Å². The van der Waals surface area contributed by atoms with Crippen LogP contribution in [0.5, 0.6) is 5.75 Å². The molecule has 0 radical (unpaired) electrons. The molecule has 1 N–H and O–H groups in total. The second-order valence-electron chi connectivity index (χ2n) is 4.39. The number of carbonyl (C=O) groups is 1. The van der Waals surface area contributed by atoms with Crippen LogP contribution in [-0.4, -0.2) is 22.7 Å². The van der Waals surface area contributed by atoms with Crippen LogP contribution in [0.25, 0.3) is 10.9 Å². The Morgan fingerprint density at radius 3 is 2.95 bits per heavy atom. The Balaban J connectivity index is 2.37. The monoisotopic (exact) mass is 259 g/mol. The fourth-order valence-corrected chi connectivity index (χ4v) is 1.97. The number of hydrogen-bond acceptors (Lipinski definition) is 3. The lowest BCUT2D eigenvalue weighted by molar-refractivity contribution is -0.136. The molecule has 0 aliphatic carbocycles.